The molecule has 0 aliphatic carbocycles. The van der Waals surface area contributed by atoms with Crippen molar-refractivity contribution in [3.63, 3.8) is 0 Å². The standard InChI is InChI=1S/C30H25F2N3O4/c1-36-27-13-20(25(31)16-29(27)38-3)7-9-22-15-24(35(34-22)23-10-5-19(18-33)6-11-23)12-8-21-14-28(37-2)30(39-4)17-26(21)32/h5-17H,1-4H3. The quantitative estimate of drug-likeness (QED) is 0.250. The van der Waals surface area contributed by atoms with Gasteiger partial charge in [-0.2, -0.15) is 10.4 Å². The summed E-state index contributed by atoms with van der Waals surface area (Å²) in [5.41, 5.74) is 2.87. The van der Waals surface area contributed by atoms with Gasteiger partial charge in [-0.3, -0.25) is 0 Å². The molecule has 4 rings (SSSR count). The molecule has 3 aromatic carbocycles. The van der Waals surface area contributed by atoms with E-state index in [0.717, 1.165) is 0 Å². The highest BCUT2D eigenvalue weighted by molar-refractivity contribution is 5.74. The van der Waals surface area contributed by atoms with Gasteiger partial charge >= 0.3 is 0 Å². The van der Waals surface area contributed by atoms with Gasteiger partial charge in [0.05, 0.1) is 57.1 Å². The lowest BCUT2D eigenvalue weighted by atomic mass is 10.1. The smallest absolute Gasteiger partial charge is 0.163 e. The number of aromatic nitrogens is 2. The molecule has 7 nitrogen and oxygen atoms in total. The van der Waals surface area contributed by atoms with Crippen LogP contribution in [0.5, 0.6) is 23.0 Å². The Kier molecular flexibility index (Phi) is 8.27. The van der Waals surface area contributed by atoms with Gasteiger partial charge in [-0.25, -0.2) is 13.5 Å². The van der Waals surface area contributed by atoms with Crippen molar-refractivity contribution in [1.29, 1.82) is 5.26 Å². The molecule has 0 amide bonds. The van der Waals surface area contributed by atoms with E-state index in [1.165, 1.54) is 52.7 Å². The van der Waals surface area contributed by atoms with Gasteiger partial charge in [0.1, 0.15) is 11.6 Å². The summed E-state index contributed by atoms with van der Waals surface area (Å²) in [7, 11) is 5.82. The summed E-state index contributed by atoms with van der Waals surface area (Å²) in [6.45, 7) is 0. The molecule has 0 spiro atoms. The second-order valence-corrected chi connectivity index (χ2v) is 8.19. The van der Waals surface area contributed by atoms with Crippen LogP contribution in [0.3, 0.4) is 0 Å². The molecule has 4 aromatic rings. The molecule has 0 saturated carbocycles. The maximum Gasteiger partial charge on any atom is 0.163 e. The Labute approximate surface area is 224 Å². The Morgan fingerprint density at radius 3 is 1.67 bits per heavy atom. The number of rotatable bonds is 9. The van der Waals surface area contributed by atoms with Gasteiger partial charge in [0.15, 0.2) is 23.0 Å². The SMILES string of the molecule is COc1cc(F)c(C=Cc2cc(C=Cc3cc(OC)c(OC)cc3F)n(-c3ccc(C#N)cc3)n2)cc1OC. The third kappa shape index (κ3) is 5.91. The van der Waals surface area contributed by atoms with Crippen molar-refractivity contribution in [3.05, 3.63) is 94.3 Å². The number of hydrogen-bond donors (Lipinski definition) is 0. The van der Waals surface area contributed by atoms with Gasteiger partial charge in [0.25, 0.3) is 0 Å². The predicted octanol–water partition coefficient (Wildman–Crippen LogP) is 6.40. The average Bonchev–Trinajstić information content (AvgIpc) is 3.38. The Morgan fingerprint density at radius 1 is 0.692 bits per heavy atom. The van der Waals surface area contributed by atoms with Crippen LogP contribution >= 0.6 is 0 Å². The molecule has 0 aliphatic heterocycles. The molecule has 0 aliphatic rings. The number of hydrogen-bond acceptors (Lipinski definition) is 6. The molecule has 0 bridgehead atoms. The fourth-order valence-electron chi connectivity index (χ4n) is 3.84. The number of halogens is 2. The minimum Gasteiger partial charge on any atom is -0.493 e. The van der Waals surface area contributed by atoms with E-state index in [2.05, 4.69) is 11.2 Å². The molecule has 0 fully saturated rings. The second kappa shape index (κ2) is 12.0. The molecule has 0 atom stereocenters. The van der Waals surface area contributed by atoms with Crippen LogP contribution in [-0.2, 0) is 0 Å². The maximum absolute atomic E-state index is 14.7. The summed E-state index contributed by atoms with van der Waals surface area (Å²) >= 11 is 0. The first-order valence-corrected chi connectivity index (χ1v) is 11.7. The molecule has 198 valence electrons. The van der Waals surface area contributed by atoms with Crippen LogP contribution in [-0.4, -0.2) is 38.2 Å². The molecule has 0 unspecified atom stereocenters. The van der Waals surface area contributed by atoms with E-state index in [9.17, 15) is 8.78 Å². The van der Waals surface area contributed by atoms with Gasteiger partial charge in [-0.05, 0) is 66.8 Å². The highest BCUT2D eigenvalue weighted by Crippen LogP contribution is 2.32. The minimum absolute atomic E-state index is 0.282. The monoisotopic (exact) mass is 529 g/mol. The number of benzene rings is 3. The predicted molar refractivity (Wildman–Crippen MR) is 145 cm³/mol. The lowest BCUT2D eigenvalue weighted by molar-refractivity contribution is 0.352. The van der Waals surface area contributed by atoms with Gasteiger partial charge in [-0.15, -0.1) is 0 Å². The highest BCUT2D eigenvalue weighted by Gasteiger charge is 2.12. The zero-order chi connectivity index (χ0) is 27.9. The first kappa shape index (κ1) is 26.9. The van der Waals surface area contributed by atoms with Crippen molar-refractivity contribution < 1.29 is 27.7 Å². The molecule has 39 heavy (non-hydrogen) atoms. The Morgan fingerprint density at radius 2 is 1.18 bits per heavy atom. The molecule has 1 heterocycles. The summed E-state index contributed by atoms with van der Waals surface area (Å²) in [6.07, 6.45) is 6.52. The lowest BCUT2D eigenvalue weighted by Gasteiger charge is -2.09. The first-order valence-electron chi connectivity index (χ1n) is 11.7. The van der Waals surface area contributed by atoms with E-state index in [1.54, 1.807) is 59.3 Å². The molecule has 9 heteroatoms. The van der Waals surface area contributed by atoms with Crippen LogP contribution in [0.2, 0.25) is 0 Å². The summed E-state index contributed by atoms with van der Waals surface area (Å²) in [5.74, 6) is 0.371. The van der Waals surface area contributed by atoms with E-state index in [-0.39, 0.29) is 22.6 Å². The van der Waals surface area contributed by atoms with Crippen molar-refractivity contribution in [2.24, 2.45) is 0 Å². The van der Waals surface area contributed by atoms with E-state index in [0.29, 0.717) is 34.1 Å². The number of nitriles is 1. The molecule has 1 aromatic heterocycles. The molecular weight excluding hydrogens is 504 g/mol. The van der Waals surface area contributed by atoms with E-state index in [1.807, 2.05) is 0 Å². The normalized spacial score (nSPS) is 11.1. The van der Waals surface area contributed by atoms with Crippen LogP contribution < -0.4 is 18.9 Å². The zero-order valence-electron chi connectivity index (χ0n) is 21.7. The van der Waals surface area contributed by atoms with Crippen molar-refractivity contribution in [2.45, 2.75) is 0 Å². The number of methoxy groups -OCH3 is 4. The van der Waals surface area contributed by atoms with Crippen LogP contribution in [0.25, 0.3) is 30.0 Å². The van der Waals surface area contributed by atoms with E-state index < -0.39 is 11.6 Å². The third-order valence-corrected chi connectivity index (χ3v) is 5.87. The summed E-state index contributed by atoms with van der Waals surface area (Å²) < 4.78 is 51.9. The fourth-order valence-corrected chi connectivity index (χ4v) is 3.84. The average molecular weight is 530 g/mol. The van der Waals surface area contributed by atoms with Crippen molar-refractivity contribution >= 4 is 24.3 Å². The third-order valence-electron chi connectivity index (χ3n) is 5.87. The Bertz CT molecular complexity index is 1590. The van der Waals surface area contributed by atoms with Gasteiger partial charge in [0.2, 0.25) is 0 Å². The second-order valence-electron chi connectivity index (χ2n) is 8.19. The summed E-state index contributed by atoms with van der Waals surface area (Å²) in [5, 5.41) is 13.8. The summed E-state index contributed by atoms with van der Waals surface area (Å²) in [6, 6.07) is 16.3. The van der Waals surface area contributed by atoms with Crippen LogP contribution in [0, 0.1) is 23.0 Å². The maximum atomic E-state index is 14.7. The lowest BCUT2D eigenvalue weighted by Crippen LogP contribution is -1.99. The van der Waals surface area contributed by atoms with Gasteiger partial charge in [-0.1, -0.05) is 0 Å². The minimum atomic E-state index is -0.489. The van der Waals surface area contributed by atoms with Gasteiger partial charge < -0.3 is 18.9 Å². The number of nitrogens with zero attached hydrogens (tertiary/aromatic N) is 3. The number of ether oxygens (including phenoxy) is 4. The molecular formula is C30H25F2N3O4. The topological polar surface area (TPSA) is 78.5 Å². The molecule has 0 saturated heterocycles. The Hall–Kier alpha value is -5.10. The van der Waals surface area contributed by atoms with Crippen LogP contribution in [0.15, 0.2) is 54.6 Å². The largest absolute Gasteiger partial charge is 0.493 e. The van der Waals surface area contributed by atoms with Gasteiger partial charge in [0, 0.05) is 23.3 Å². The molecule has 0 radical (unpaired) electrons. The van der Waals surface area contributed by atoms with Crippen molar-refractivity contribution in [1.82, 2.24) is 9.78 Å². The molecule has 0 N–H and O–H groups in total. The van der Waals surface area contributed by atoms with E-state index in [4.69, 9.17) is 24.2 Å². The first-order chi connectivity index (χ1) is 18.9. The van der Waals surface area contributed by atoms with Crippen LogP contribution in [0.1, 0.15) is 28.1 Å². The highest BCUT2D eigenvalue weighted by atomic mass is 19.1. The van der Waals surface area contributed by atoms with E-state index >= 15 is 0 Å². The fraction of sp³-hybridized carbons (Fsp3) is 0.133. The Balaban J connectivity index is 1.75. The zero-order valence-corrected chi connectivity index (χ0v) is 21.7. The van der Waals surface area contributed by atoms with Crippen LogP contribution in [0.4, 0.5) is 8.78 Å². The summed E-state index contributed by atoms with van der Waals surface area (Å²) in [4.78, 5) is 0. The van der Waals surface area contributed by atoms with Crippen molar-refractivity contribution in [3.8, 4) is 34.8 Å². The van der Waals surface area contributed by atoms with Crippen molar-refractivity contribution in [2.75, 3.05) is 28.4 Å².